The van der Waals surface area contributed by atoms with Crippen LogP contribution in [0.25, 0.3) is 0 Å². The molecule has 2 nitrogen and oxygen atoms in total. The highest BCUT2D eigenvalue weighted by molar-refractivity contribution is 9.10. The number of nitrogens with zero attached hydrogens (tertiary/aromatic N) is 1. The fourth-order valence-corrected chi connectivity index (χ4v) is 2.71. The van der Waals surface area contributed by atoms with E-state index in [2.05, 4.69) is 53.0 Å². The zero-order chi connectivity index (χ0) is 13.1. The molecule has 1 aliphatic carbocycles. The Kier molecular flexibility index (Phi) is 4.68. The van der Waals surface area contributed by atoms with Crippen molar-refractivity contribution in [1.82, 2.24) is 0 Å². The summed E-state index contributed by atoms with van der Waals surface area (Å²) in [6, 6.07) is 6.81. The lowest BCUT2D eigenvalue weighted by Gasteiger charge is -2.24. The Hall–Kier alpha value is -0.540. The number of hydrogen-bond donors (Lipinski definition) is 1. The molecule has 1 unspecified atom stereocenters. The zero-order valence-corrected chi connectivity index (χ0v) is 12.9. The lowest BCUT2D eigenvalue weighted by atomic mass is 10.0. The maximum atomic E-state index is 6.10. The zero-order valence-electron chi connectivity index (χ0n) is 11.3. The fraction of sp³-hybridized carbons (Fsp3) is 0.600. The quantitative estimate of drug-likeness (QED) is 0.870. The Bertz CT molecular complexity index is 401. The number of benzene rings is 1. The average molecular weight is 311 g/mol. The number of nitrogens with two attached hydrogens (primary N) is 1. The van der Waals surface area contributed by atoms with Gasteiger partial charge in [-0.1, -0.05) is 22.9 Å². The molecule has 100 valence electrons. The van der Waals surface area contributed by atoms with E-state index < -0.39 is 0 Å². The second kappa shape index (κ2) is 6.07. The molecule has 1 atom stereocenters. The molecule has 0 saturated heterocycles. The molecule has 0 spiro atoms. The number of anilines is 1. The molecular formula is C15H23BrN2. The summed E-state index contributed by atoms with van der Waals surface area (Å²) in [4.78, 5) is 2.39. The van der Waals surface area contributed by atoms with E-state index in [1.54, 1.807) is 0 Å². The summed E-state index contributed by atoms with van der Waals surface area (Å²) in [5.74, 6) is 0.909. The van der Waals surface area contributed by atoms with Gasteiger partial charge in [0.1, 0.15) is 0 Å². The van der Waals surface area contributed by atoms with Gasteiger partial charge in [0.25, 0.3) is 0 Å². The highest BCUT2D eigenvalue weighted by atomic mass is 79.9. The van der Waals surface area contributed by atoms with E-state index in [0.717, 1.165) is 23.2 Å². The first-order chi connectivity index (χ1) is 8.60. The SMILES string of the molecule is CCC(N)Cc1cc(Br)ccc1N(C)CC1CC1. The van der Waals surface area contributed by atoms with E-state index in [1.807, 2.05) is 0 Å². The molecule has 0 aromatic heterocycles. The molecule has 0 amide bonds. The third kappa shape index (κ3) is 3.72. The van der Waals surface area contributed by atoms with E-state index in [1.165, 1.54) is 30.6 Å². The van der Waals surface area contributed by atoms with Crippen LogP contribution in [-0.2, 0) is 6.42 Å². The van der Waals surface area contributed by atoms with Crippen LogP contribution in [0.1, 0.15) is 31.7 Å². The Morgan fingerprint density at radius 2 is 2.17 bits per heavy atom. The Morgan fingerprint density at radius 3 is 2.78 bits per heavy atom. The van der Waals surface area contributed by atoms with Gasteiger partial charge in [-0.2, -0.15) is 0 Å². The van der Waals surface area contributed by atoms with E-state index >= 15 is 0 Å². The molecule has 1 fully saturated rings. The minimum absolute atomic E-state index is 0.257. The molecule has 1 aliphatic rings. The topological polar surface area (TPSA) is 29.3 Å². The summed E-state index contributed by atoms with van der Waals surface area (Å²) in [7, 11) is 2.20. The molecule has 0 bridgehead atoms. The number of hydrogen-bond acceptors (Lipinski definition) is 2. The van der Waals surface area contributed by atoms with Crippen molar-refractivity contribution in [2.24, 2.45) is 11.7 Å². The van der Waals surface area contributed by atoms with Crippen LogP contribution in [0.15, 0.2) is 22.7 Å². The maximum absolute atomic E-state index is 6.10. The van der Waals surface area contributed by atoms with Gasteiger partial charge in [-0.05, 0) is 55.4 Å². The lowest BCUT2D eigenvalue weighted by molar-refractivity contribution is 0.644. The van der Waals surface area contributed by atoms with Gasteiger partial charge in [0.05, 0.1) is 0 Å². The van der Waals surface area contributed by atoms with Gasteiger partial charge in [0.2, 0.25) is 0 Å². The molecular weight excluding hydrogens is 288 g/mol. The second-order valence-electron chi connectivity index (χ2n) is 5.47. The minimum Gasteiger partial charge on any atom is -0.374 e. The van der Waals surface area contributed by atoms with Gasteiger partial charge >= 0.3 is 0 Å². The Balaban J connectivity index is 2.15. The first-order valence-corrected chi connectivity index (χ1v) is 7.64. The van der Waals surface area contributed by atoms with Gasteiger partial charge in [0, 0.05) is 29.8 Å². The average Bonchev–Trinajstić information content (AvgIpc) is 3.12. The van der Waals surface area contributed by atoms with Crippen LogP contribution in [0.3, 0.4) is 0 Å². The smallest absolute Gasteiger partial charge is 0.0397 e. The van der Waals surface area contributed by atoms with E-state index in [-0.39, 0.29) is 6.04 Å². The normalized spacial score (nSPS) is 16.7. The van der Waals surface area contributed by atoms with Crippen LogP contribution in [-0.4, -0.2) is 19.6 Å². The monoisotopic (exact) mass is 310 g/mol. The van der Waals surface area contributed by atoms with Crippen LogP contribution in [0.5, 0.6) is 0 Å². The molecule has 1 aromatic carbocycles. The predicted octanol–water partition coefficient (Wildman–Crippen LogP) is 3.58. The summed E-state index contributed by atoms with van der Waals surface area (Å²) in [5, 5.41) is 0. The van der Waals surface area contributed by atoms with Gasteiger partial charge < -0.3 is 10.6 Å². The molecule has 0 heterocycles. The summed E-state index contributed by atoms with van der Waals surface area (Å²) in [6.45, 7) is 3.33. The molecule has 3 heteroatoms. The van der Waals surface area contributed by atoms with Gasteiger partial charge in [-0.15, -0.1) is 0 Å². The summed E-state index contributed by atoms with van der Waals surface area (Å²) in [6.07, 6.45) is 4.77. The van der Waals surface area contributed by atoms with Gasteiger partial charge in [0.15, 0.2) is 0 Å². The Labute approximate surface area is 119 Å². The molecule has 0 aliphatic heterocycles. The standard InChI is InChI=1S/C15H23BrN2/c1-3-14(17)9-12-8-13(16)6-7-15(12)18(2)10-11-4-5-11/h6-8,11,14H,3-5,9-10,17H2,1-2H3. The van der Waals surface area contributed by atoms with Crippen molar-refractivity contribution < 1.29 is 0 Å². The second-order valence-corrected chi connectivity index (χ2v) is 6.39. The van der Waals surface area contributed by atoms with E-state index in [4.69, 9.17) is 5.73 Å². The van der Waals surface area contributed by atoms with Crippen molar-refractivity contribution in [2.45, 2.75) is 38.6 Å². The molecule has 2 rings (SSSR count). The van der Waals surface area contributed by atoms with Crippen LogP contribution in [0.2, 0.25) is 0 Å². The van der Waals surface area contributed by atoms with Crippen LogP contribution in [0.4, 0.5) is 5.69 Å². The summed E-state index contributed by atoms with van der Waals surface area (Å²) < 4.78 is 1.14. The molecule has 18 heavy (non-hydrogen) atoms. The van der Waals surface area contributed by atoms with Crippen LogP contribution >= 0.6 is 15.9 Å². The third-order valence-electron chi connectivity index (χ3n) is 3.69. The predicted molar refractivity (Wildman–Crippen MR) is 82.1 cm³/mol. The van der Waals surface area contributed by atoms with Crippen molar-refractivity contribution in [2.75, 3.05) is 18.5 Å². The maximum Gasteiger partial charge on any atom is 0.0397 e. The summed E-state index contributed by atoms with van der Waals surface area (Å²) >= 11 is 3.56. The fourth-order valence-electron chi connectivity index (χ4n) is 2.30. The molecule has 1 saturated carbocycles. The van der Waals surface area contributed by atoms with Crippen molar-refractivity contribution in [3.8, 4) is 0 Å². The number of rotatable bonds is 6. The minimum atomic E-state index is 0.257. The van der Waals surface area contributed by atoms with Crippen LogP contribution < -0.4 is 10.6 Å². The van der Waals surface area contributed by atoms with Crippen molar-refractivity contribution >= 4 is 21.6 Å². The highest BCUT2D eigenvalue weighted by Gasteiger charge is 2.23. The van der Waals surface area contributed by atoms with E-state index in [9.17, 15) is 0 Å². The first kappa shape index (κ1) is 13.9. The van der Waals surface area contributed by atoms with E-state index in [0.29, 0.717) is 0 Å². The van der Waals surface area contributed by atoms with Gasteiger partial charge in [-0.3, -0.25) is 0 Å². The van der Waals surface area contributed by atoms with Crippen molar-refractivity contribution in [1.29, 1.82) is 0 Å². The van der Waals surface area contributed by atoms with Gasteiger partial charge in [-0.25, -0.2) is 0 Å². The largest absolute Gasteiger partial charge is 0.374 e. The Morgan fingerprint density at radius 1 is 1.44 bits per heavy atom. The first-order valence-electron chi connectivity index (χ1n) is 6.85. The summed E-state index contributed by atoms with van der Waals surface area (Å²) in [5.41, 5.74) is 8.81. The third-order valence-corrected chi connectivity index (χ3v) is 4.18. The molecule has 1 aromatic rings. The molecule has 0 radical (unpaired) electrons. The van der Waals surface area contributed by atoms with Crippen molar-refractivity contribution in [3.63, 3.8) is 0 Å². The van der Waals surface area contributed by atoms with Crippen LogP contribution in [0, 0.1) is 5.92 Å². The number of halogens is 1. The van der Waals surface area contributed by atoms with Crippen molar-refractivity contribution in [3.05, 3.63) is 28.2 Å². The lowest BCUT2D eigenvalue weighted by Crippen LogP contribution is -2.25. The highest BCUT2D eigenvalue weighted by Crippen LogP contribution is 2.32. The molecule has 2 N–H and O–H groups in total.